The zero-order valence-electron chi connectivity index (χ0n) is 13.8. The number of hydrogen-bond acceptors (Lipinski definition) is 4. The van der Waals surface area contributed by atoms with Gasteiger partial charge < -0.3 is 9.47 Å². The van der Waals surface area contributed by atoms with Gasteiger partial charge in [0.1, 0.15) is 6.61 Å². The van der Waals surface area contributed by atoms with Crippen LogP contribution in [0.15, 0.2) is 30.3 Å². The van der Waals surface area contributed by atoms with E-state index < -0.39 is 12.1 Å². The van der Waals surface area contributed by atoms with Crippen LogP contribution in [0.2, 0.25) is 0 Å². The van der Waals surface area contributed by atoms with Crippen LogP contribution < -0.4 is 0 Å². The fourth-order valence-corrected chi connectivity index (χ4v) is 3.78. The molecule has 124 valence electrons. The molecular weight excluding hydrogens is 294 g/mol. The summed E-state index contributed by atoms with van der Waals surface area (Å²) >= 11 is 0. The molecule has 0 spiro atoms. The number of carbonyl (C=O) groups is 2. The molecule has 2 heterocycles. The lowest BCUT2D eigenvalue weighted by molar-refractivity contribution is -0.122. The third kappa shape index (κ3) is 3.24. The van der Waals surface area contributed by atoms with Crippen LogP contribution in [0.4, 0.5) is 4.79 Å². The SMILES string of the molecule is CC(=O)[C@@H]1[C@H]2CC(C)(C)OC2CN1C(=O)OCc1ccccc1. The highest BCUT2D eigenvalue weighted by Crippen LogP contribution is 2.43. The molecule has 2 saturated heterocycles. The molecule has 0 aromatic heterocycles. The predicted molar refractivity (Wildman–Crippen MR) is 84.9 cm³/mol. The van der Waals surface area contributed by atoms with Gasteiger partial charge in [0, 0.05) is 5.92 Å². The van der Waals surface area contributed by atoms with Gasteiger partial charge in [0.2, 0.25) is 0 Å². The minimum atomic E-state index is -0.440. The van der Waals surface area contributed by atoms with Crippen LogP contribution in [0.1, 0.15) is 32.8 Å². The number of hydrogen-bond donors (Lipinski definition) is 0. The number of fused-ring (bicyclic) bond motifs is 1. The number of Topliss-reactive ketones (excluding diaryl/α,β-unsaturated/α-hetero) is 1. The normalized spacial score (nSPS) is 28.5. The molecule has 23 heavy (non-hydrogen) atoms. The molecule has 5 heteroatoms. The molecule has 0 aliphatic carbocycles. The quantitative estimate of drug-likeness (QED) is 0.860. The van der Waals surface area contributed by atoms with Crippen LogP contribution in [0.25, 0.3) is 0 Å². The van der Waals surface area contributed by atoms with Crippen molar-refractivity contribution in [2.45, 2.75) is 51.5 Å². The van der Waals surface area contributed by atoms with E-state index in [0.717, 1.165) is 12.0 Å². The zero-order chi connectivity index (χ0) is 16.6. The zero-order valence-corrected chi connectivity index (χ0v) is 13.8. The Balaban J connectivity index is 1.67. The van der Waals surface area contributed by atoms with Gasteiger partial charge in [0.05, 0.1) is 24.3 Å². The van der Waals surface area contributed by atoms with Crippen molar-refractivity contribution < 1.29 is 19.1 Å². The van der Waals surface area contributed by atoms with E-state index in [-0.39, 0.29) is 30.0 Å². The van der Waals surface area contributed by atoms with Crippen molar-refractivity contribution in [1.82, 2.24) is 4.90 Å². The molecule has 0 bridgehead atoms. The molecule has 1 unspecified atom stereocenters. The number of benzene rings is 1. The van der Waals surface area contributed by atoms with Crippen molar-refractivity contribution in [2.75, 3.05) is 6.54 Å². The fraction of sp³-hybridized carbons (Fsp3) is 0.556. The van der Waals surface area contributed by atoms with Gasteiger partial charge in [-0.2, -0.15) is 0 Å². The minimum Gasteiger partial charge on any atom is -0.445 e. The summed E-state index contributed by atoms with van der Waals surface area (Å²) < 4.78 is 11.4. The number of ether oxygens (including phenoxy) is 2. The van der Waals surface area contributed by atoms with E-state index in [1.54, 1.807) is 0 Å². The summed E-state index contributed by atoms with van der Waals surface area (Å²) in [5.41, 5.74) is 0.695. The summed E-state index contributed by atoms with van der Waals surface area (Å²) in [6, 6.07) is 9.08. The maximum atomic E-state index is 12.4. The Morgan fingerprint density at radius 1 is 1.30 bits per heavy atom. The van der Waals surface area contributed by atoms with E-state index in [0.29, 0.717) is 6.54 Å². The molecule has 0 N–H and O–H groups in total. The maximum Gasteiger partial charge on any atom is 0.410 e. The maximum absolute atomic E-state index is 12.4. The van der Waals surface area contributed by atoms with Gasteiger partial charge in [-0.15, -0.1) is 0 Å². The summed E-state index contributed by atoms with van der Waals surface area (Å²) in [7, 11) is 0. The summed E-state index contributed by atoms with van der Waals surface area (Å²) in [6.07, 6.45) is 0.262. The lowest BCUT2D eigenvalue weighted by atomic mass is 9.89. The van der Waals surface area contributed by atoms with Crippen molar-refractivity contribution in [2.24, 2.45) is 5.92 Å². The minimum absolute atomic E-state index is 0.00420. The van der Waals surface area contributed by atoms with Crippen LogP contribution in [-0.4, -0.2) is 41.1 Å². The molecule has 2 aliphatic heterocycles. The highest BCUT2D eigenvalue weighted by Gasteiger charge is 2.54. The summed E-state index contributed by atoms with van der Waals surface area (Å²) in [6.45, 7) is 6.23. The van der Waals surface area contributed by atoms with E-state index in [9.17, 15) is 9.59 Å². The first-order valence-corrected chi connectivity index (χ1v) is 8.03. The molecule has 1 amide bonds. The van der Waals surface area contributed by atoms with Gasteiger partial charge in [0.15, 0.2) is 5.78 Å². The number of ketones is 1. The molecule has 2 aliphatic rings. The Labute approximate surface area is 136 Å². The van der Waals surface area contributed by atoms with Gasteiger partial charge >= 0.3 is 6.09 Å². The first-order chi connectivity index (χ1) is 10.9. The summed E-state index contributed by atoms with van der Waals surface area (Å²) in [4.78, 5) is 26.0. The second-order valence-electron chi connectivity index (χ2n) is 7.03. The lowest BCUT2D eigenvalue weighted by Gasteiger charge is -2.27. The predicted octanol–water partition coefficient (Wildman–Crippen LogP) is 2.78. The summed E-state index contributed by atoms with van der Waals surface area (Å²) in [5, 5.41) is 0. The summed E-state index contributed by atoms with van der Waals surface area (Å²) in [5.74, 6) is 0.0576. The van der Waals surface area contributed by atoms with Gasteiger partial charge in [-0.1, -0.05) is 30.3 Å². The van der Waals surface area contributed by atoms with Crippen LogP contribution in [-0.2, 0) is 20.9 Å². The van der Waals surface area contributed by atoms with Crippen molar-refractivity contribution >= 4 is 11.9 Å². The Kier molecular flexibility index (Phi) is 4.15. The molecule has 1 aromatic rings. The van der Waals surface area contributed by atoms with E-state index in [1.165, 1.54) is 11.8 Å². The van der Waals surface area contributed by atoms with Crippen molar-refractivity contribution in [1.29, 1.82) is 0 Å². The Morgan fingerprint density at radius 2 is 2.00 bits per heavy atom. The standard InChI is InChI=1S/C18H23NO4/c1-12(20)16-14-9-18(2,3)23-15(14)10-19(16)17(21)22-11-13-7-5-4-6-8-13/h4-8,14-16H,9-11H2,1-3H3/t14-,15?,16+/m0/s1. The molecule has 5 nitrogen and oxygen atoms in total. The number of rotatable bonds is 3. The molecule has 2 fully saturated rings. The largest absolute Gasteiger partial charge is 0.445 e. The number of amides is 1. The number of likely N-dealkylation sites (tertiary alicyclic amines) is 1. The Hall–Kier alpha value is -1.88. The Bertz CT molecular complexity index is 598. The molecule has 0 radical (unpaired) electrons. The molecule has 0 saturated carbocycles. The average Bonchev–Trinajstić information content (AvgIpc) is 2.97. The number of carbonyl (C=O) groups excluding carboxylic acids is 2. The topological polar surface area (TPSA) is 55.8 Å². The lowest BCUT2D eigenvalue weighted by Crippen LogP contribution is -2.43. The second kappa shape index (κ2) is 5.96. The van der Waals surface area contributed by atoms with Gasteiger partial charge in [-0.3, -0.25) is 9.69 Å². The van der Waals surface area contributed by atoms with Gasteiger partial charge in [-0.25, -0.2) is 4.79 Å². The molecule has 1 aromatic carbocycles. The van der Waals surface area contributed by atoms with Crippen molar-refractivity contribution in [3.05, 3.63) is 35.9 Å². The highest BCUT2D eigenvalue weighted by molar-refractivity contribution is 5.86. The fourth-order valence-electron chi connectivity index (χ4n) is 3.78. The van der Waals surface area contributed by atoms with Crippen molar-refractivity contribution in [3.8, 4) is 0 Å². The number of nitrogens with zero attached hydrogens (tertiary/aromatic N) is 1. The monoisotopic (exact) mass is 317 g/mol. The first kappa shape index (κ1) is 16.0. The van der Waals surface area contributed by atoms with Gasteiger partial charge in [0.25, 0.3) is 0 Å². The van der Waals surface area contributed by atoms with Crippen LogP contribution in [0.5, 0.6) is 0 Å². The first-order valence-electron chi connectivity index (χ1n) is 8.03. The average molecular weight is 317 g/mol. The van der Waals surface area contributed by atoms with Crippen molar-refractivity contribution in [3.63, 3.8) is 0 Å². The van der Waals surface area contributed by atoms with E-state index in [1.807, 2.05) is 44.2 Å². The van der Waals surface area contributed by atoms with E-state index >= 15 is 0 Å². The molecular formula is C18H23NO4. The third-order valence-electron chi connectivity index (χ3n) is 4.65. The molecule has 3 rings (SSSR count). The van der Waals surface area contributed by atoms with Gasteiger partial charge in [-0.05, 0) is 32.8 Å². The molecule has 3 atom stereocenters. The van der Waals surface area contributed by atoms with E-state index in [2.05, 4.69) is 0 Å². The smallest absolute Gasteiger partial charge is 0.410 e. The van der Waals surface area contributed by atoms with Crippen LogP contribution >= 0.6 is 0 Å². The van der Waals surface area contributed by atoms with Crippen LogP contribution in [0.3, 0.4) is 0 Å². The Morgan fingerprint density at radius 3 is 2.65 bits per heavy atom. The highest BCUT2D eigenvalue weighted by atomic mass is 16.6. The van der Waals surface area contributed by atoms with Crippen LogP contribution in [0, 0.1) is 5.92 Å². The third-order valence-corrected chi connectivity index (χ3v) is 4.65. The van der Waals surface area contributed by atoms with E-state index in [4.69, 9.17) is 9.47 Å². The second-order valence-corrected chi connectivity index (χ2v) is 7.03.